The third-order valence-electron chi connectivity index (χ3n) is 3.07. The number of ether oxygens (including phenoxy) is 1. The highest BCUT2D eigenvalue weighted by Gasteiger charge is 2.25. The van der Waals surface area contributed by atoms with E-state index in [-0.39, 0.29) is 5.91 Å². The van der Waals surface area contributed by atoms with E-state index in [4.69, 9.17) is 21.6 Å². The van der Waals surface area contributed by atoms with Crippen molar-refractivity contribution in [1.82, 2.24) is 4.90 Å². The molecule has 2 aromatic carbocycles. The Labute approximate surface area is 134 Å². The molecule has 0 aliphatic heterocycles. The van der Waals surface area contributed by atoms with Crippen LogP contribution in [0.2, 0.25) is 5.02 Å². The largest absolute Gasteiger partial charge is 0.474 e. The fourth-order valence-electron chi connectivity index (χ4n) is 1.92. The third kappa shape index (κ3) is 3.57. The van der Waals surface area contributed by atoms with E-state index in [0.717, 1.165) is 5.56 Å². The Hall–Kier alpha value is -2.51. The van der Waals surface area contributed by atoms with Crippen molar-refractivity contribution in [2.24, 2.45) is 0 Å². The van der Waals surface area contributed by atoms with Gasteiger partial charge in [0.05, 0.1) is 16.7 Å². The van der Waals surface area contributed by atoms with Gasteiger partial charge in [0, 0.05) is 19.7 Å². The fourth-order valence-corrected chi connectivity index (χ4v) is 2.14. The van der Waals surface area contributed by atoms with Gasteiger partial charge in [-0.25, -0.2) is 0 Å². The summed E-state index contributed by atoms with van der Waals surface area (Å²) in [5.74, 6) is 0.177. The van der Waals surface area contributed by atoms with Crippen molar-refractivity contribution in [1.29, 1.82) is 5.26 Å². The summed E-state index contributed by atoms with van der Waals surface area (Å²) in [7, 11) is 3.34. The van der Waals surface area contributed by atoms with Gasteiger partial charge in [0.25, 0.3) is 5.91 Å². The lowest BCUT2D eigenvalue weighted by atomic mass is 10.1. The van der Waals surface area contributed by atoms with Crippen LogP contribution in [0.15, 0.2) is 48.5 Å². The maximum Gasteiger partial charge on any atom is 0.267 e. The predicted molar refractivity (Wildman–Crippen MR) is 84.7 cm³/mol. The number of halogens is 1. The summed E-state index contributed by atoms with van der Waals surface area (Å²) in [6.45, 7) is 0. The first kappa shape index (κ1) is 15.9. The molecule has 0 aliphatic carbocycles. The zero-order valence-electron chi connectivity index (χ0n) is 12.3. The first-order chi connectivity index (χ1) is 10.5. The van der Waals surface area contributed by atoms with Crippen LogP contribution >= 0.6 is 11.6 Å². The number of nitrogens with zero attached hydrogens (tertiary/aromatic N) is 2. The molecule has 1 amide bonds. The van der Waals surface area contributed by atoms with Crippen LogP contribution in [-0.4, -0.2) is 24.9 Å². The summed E-state index contributed by atoms with van der Waals surface area (Å²) in [6.07, 6.45) is -0.790. The van der Waals surface area contributed by atoms with Crippen LogP contribution in [0.25, 0.3) is 0 Å². The first-order valence-electron chi connectivity index (χ1n) is 6.65. The van der Waals surface area contributed by atoms with E-state index in [1.54, 1.807) is 26.2 Å². The average molecular weight is 315 g/mol. The van der Waals surface area contributed by atoms with Crippen LogP contribution < -0.4 is 4.74 Å². The number of rotatable bonds is 4. The van der Waals surface area contributed by atoms with E-state index in [9.17, 15) is 4.79 Å². The van der Waals surface area contributed by atoms with E-state index >= 15 is 0 Å². The van der Waals surface area contributed by atoms with E-state index in [0.29, 0.717) is 16.3 Å². The smallest absolute Gasteiger partial charge is 0.267 e. The second-order valence-electron chi connectivity index (χ2n) is 4.90. The highest BCUT2D eigenvalue weighted by Crippen LogP contribution is 2.30. The normalized spacial score (nSPS) is 11.4. The van der Waals surface area contributed by atoms with Crippen molar-refractivity contribution < 1.29 is 9.53 Å². The van der Waals surface area contributed by atoms with Gasteiger partial charge in [-0.1, -0.05) is 41.9 Å². The molecule has 2 rings (SSSR count). The Morgan fingerprint density at radius 2 is 1.91 bits per heavy atom. The molecule has 5 heteroatoms. The Balaban J connectivity index is 2.35. The molecule has 0 radical (unpaired) electrons. The molecule has 0 bridgehead atoms. The van der Waals surface area contributed by atoms with Gasteiger partial charge in [0.15, 0.2) is 0 Å². The second kappa shape index (κ2) is 6.97. The Morgan fingerprint density at radius 3 is 2.45 bits per heavy atom. The lowest BCUT2D eigenvalue weighted by Crippen LogP contribution is -2.31. The van der Waals surface area contributed by atoms with Crippen molar-refractivity contribution in [2.75, 3.05) is 14.1 Å². The number of nitriles is 1. The maximum absolute atomic E-state index is 12.4. The van der Waals surface area contributed by atoms with Crippen LogP contribution in [0.3, 0.4) is 0 Å². The van der Waals surface area contributed by atoms with E-state index in [1.807, 2.05) is 36.4 Å². The van der Waals surface area contributed by atoms with Gasteiger partial charge in [0.2, 0.25) is 6.10 Å². The molecule has 0 N–H and O–H groups in total. The van der Waals surface area contributed by atoms with Gasteiger partial charge in [-0.05, 0) is 18.2 Å². The molecule has 0 heterocycles. The zero-order valence-corrected chi connectivity index (χ0v) is 13.0. The number of hydrogen-bond donors (Lipinski definition) is 0. The van der Waals surface area contributed by atoms with Crippen LogP contribution in [0, 0.1) is 11.3 Å². The van der Waals surface area contributed by atoms with E-state index < -0.39 is 6.10 Å². The monoisotopic (exact) mass is 314 g/mol. The van der Waals surface area contributed by atoms with Gasteiger partial charge in [-0.15, -0.1) is 0 Å². The molecular formula is C17H15ClN2O2. The summed E-state index contributed by atoms with van der Waals surface area (Å²) >= 11 is 6.12. The van der Waals surface area contributed by atoms with Gasteiger partial charge in [-0.2, -0.15) is 5.26 Å². The van der Waals surface area contributed by atoms with Gasteiger partial charge in [-0.3, -0.25) is 4.79 Å². The van der Waals surface area contributed by atoms with Crippen LogP contribution in [0.4, 0.5) is 0 Å². The van der Waals surface area contributed by atoms with Crippen LogP contribution in [-0.2, 0) is 4.79 Å². The molecule has 0 aromatic heterocycles. The van der Waals surface area contributed by atoms with Crippen molar-refractivity contribution in [3.8, 4) is 11.8 Å². The maximum atomic E-state index is 12.4. The summed E-state index contributed by atoms with van der Waals surface area (Å²) in [5, 5.41) is 9.16. The van der Waals surface area contributed by atoms with Crippen molar-refractivity contribution in [3.05, 3.63) is 64.7 Å². The molecule has 0 fully saturated rings. The van der Waals surface area contributed by atoms with Crippen LogP contribution in [0.1, 0.15) is 17.2 Å². The van der Waals surface area contributed by atoms with Gasteiger partial charge in [0.1, 0.15) is 5.75 Å². The highest BCUT2D eigenvalue weighted by atomic mass is 35.5. The average Bonchev–Trinajstić information content (AvgIpc) is 2.53. The predicted octanol–water partition coefficient (Wildman–Crippen LogP) is 3.42. The standard InChI is InChI=1S/C17H15ClN2O2/c1-20(2)17(21)16(13-6-4-3-5-7-13)22-15-9-8-12(11-19)10-14(15)18/h3-10,16H,1-2H3. The number of carbonyl (C=O) groups is 1. The van der Waals surface area contributed by atoms with Crippen molar-refractivity contribution >= 4 is 17.5 Å². The van der Waals surface area contributed by atoms with Crippen molar-refractivity contribution in [2.45, 2.75) is 6.10 Å². The number of likely N-dealkylation sites (N-methyl/N-ethyl adjacent to an activating group) is 1. The quantitative estimate of drug-likeness (QED) is 0.869. The zero-order chi connectivity index (χ0) is 16.1. The molecule has 0 saturated heterocycles. The molecule has 22 heavy (non-hydrogen) atoms. The Bertz CT molecular complexity index is 708. The molecular weight excluding hydrogens is 300 g/mol. The highest BCUT2D eigenvalue weighted by molar-refractivity contribution is 6.32. The number of carbonyl (C=O) groups excluding carboxylic acids is 1. The molecule has 1 atom stereocenters. The number of benzene rings is 2. The van der Waals surface area contributed by atoms with Gasteiger partial charge >= 0.3 is 0 Å². The van der Waals surface area contributed by atoms with Crippen molar-refractivity contribution in [3.63, 3.8) is 0 Å². The molecule has 4 nitrogen and oxygen atoms in total. The summed E-state index contributed by atoms with van der Waals surface area (Å²) < 4.78 is 5.82. The summed E-state index contributed by atoms with van der Waals surface area (Å²) in [6, 6.07) is 15.9. The summed E-state index contributed by atoms with van der Waals surface area (Å²) in [4.78, 5) is 13.9. The summed E-state index contributed by atoms with van der Waals surface area (Å²) in [5.41, 5.74) is 1.18. The minimum absolute atomic E-state index is 0.188. The molecule has 0 spiro atoms. The van der Waals surface area contributed by atoms with E-state index in [1.165, 1.54) is 11.0 Å². The number of amides is 1. The Morgan fingerprint density at radius 1 is 1.23 bits per heavy atom. The molecule has 2 aromatic rings. The number of hydrogen-bond acceptors (Lipinski definition) is 3. The van der Waals surface area contributed by atoms with E-state index in [2.05, 4.69) is 0 Å². The topological polar surface area (TPSA) is 53.3 Å². The molecule has 112 valence electrons. The fraction of sp³-hybridized carbons (Fsp3) is 0.176. The SMILES string of the molecule is CN(C)C(=O)C(Oc1ccc(C#N)cc1Cl)c1ccccc1. The third-order valence-corrected chi connectivity index (χ3v) is 3.37. The molecule has 0 saturated carbocycles. The molecule has 0 aliphatic rings. The van der Waals surface area contributed by atoms with Crippen LogP contribution in [0.5, 0.6) is 5.75 Å². The lowest BCUT2D eigenvalue weighted by Gasteiger charge is -2.22. The minimum atomic E-state index is -0.790. The van der Waals surface area contributed by atoms with Gasteiger partial charge < -0.3 is 9.64 Å². The Kier molecular flexibility index (Phi) is 5.03. The lowest BCUT2D eigenvalue weighted by molar-refractivity contribution is -0.136. The minimum Gasteiger partial charge on any atom is -0.474 e. The molecule has 1 unspecified atom stereocenters. The first-order valence-corrected chi connectivity index (χ1v) is 7.03. The second-order valence-corrected chi connectivity index (χ2v) is 5.31.